The van der Waals surface area contributed by atoms with Crippen LogP contribution in [0.5, 0.6) is 0 Å². The molecule has 0 spiro atoms. The number of aromatic nitrogens is 2. The Balaban J connectivity index is 2.22. The molecule has 0 atom stereocenters. The van der Waals surface area contributed by atoms with Gasteiger partial charge in [0, 0.05) is 12.1 Å². The summed E-state index contributed by atoms with van der Waals surface area (Å²) in [5.41, 5.74) is 0. The van der Waals surface area contributed by atoms with E-state index in [9.17, 15) is 0 Å². The van der Waals surface area contributed by atoms with Gasteiger partial charge in [-0.2, -0.15) is 0 Å². The molecular weight excluding hydrogens is 204 g/mol. The van der Waals surface area contributed by atoms with Gasteiger partial charge >= 0.3 is 0 Å². The number of rotatable bonds is 2. The van der Waals surface area contributed by atoms with Gasteiger partial charge in [-0.3, -0.25) is 0 Å². The van der Waals surface area contributed by atoms with E-state index in [0.717, 1.165) is 0 Å². The highest BCUT2D eigenvalue weighted by molar-refractivity contribution is 7.99. The SMILES string of the molecule is C[n+]1cccc(Sc2ccc[n+](C)c2)c1. The maximum absolute atomic E-state index is 2.12. The van der Waals surface area contributed by atoms with Crippen LogP contribution in [0.3, 0.4) is 0 Å². The smallest absolute Gasteiger partial charge is 0.182 e. The minimum Gasteiger partial charge on any atom is -0.207 e. The molecule has 2 heterocycles. The first-order chi connectivity index (χ1) is 7.24. The van der Waals surface area contributed by atoms with Gasteiger partial charge in [0.2, 0.25) is 0 Å². The molecular formula is C12H14N2S+2. The van der Waals surface area contributed by atoms with E-state index >= 15 is 0 Å². The maximum atomic E-state index is 2.12. The van der Waals surface area contributed by atoms with E-state index in [1.54, 1.807) is 11.8 Å². The highest BCUT2D eigenvalue weighted by Gasteiger charge is 2.03. The van der Waals surface area contributed by atoms with Crippen molar-refractivity contribution in [3.05, 3.63) is 49.1 Å². The van der Waals surface area contributed by atoms with Crippen LogP contribution < -0.4 is 9.13 Å². The Kier molecular flexibility index (Phi) is 3.02. The third-order valence-corrected chi connectivity index (χ3v) is 3.02. The van der Waals surface area contributed by atoms with Crippen LogP contribution in [0.2, 0.25) is 0 Å². The van der Waals surface area contributed by atoms with Gasteiger partial charge in [-0.05, 0) is 12.1 Å². The van der Waals surface area contributed by atoms with Crippen LogP contribution in [-0.4, -0.2) is 0 Å². The van der Waals surface area contributed by atoms with Crippen LogP contribution in [-0.2, 0) is 14.1 Å². The fraction of sp³-hybridized carbons (Fsp3) is 0.167. The summed E-state index contributed by atoms with van der Waals surface area (Å²) >= 11 is 1.77. The van der Waals surface area contributed by atoms with Gasteiger partial charge in [0.25, 0.3) is 0 Å². The molecule has 0 N–H and O–H groups in total. The molecule has 0 saturated heterocycles. The minimum absolute atomic E-state index is 1.26. The third kappa shape index (κ3) is 2.80. The van der Waals surface area contributed by atoms with Crippen LogP contribution in [0.15, 0.2) is 58.8 Å². The summed E-state index contributed by atoms with van der Waals surface area (Å²) in [6.07, 6.45) is 8.32. The van der Waals surface area contributed by atoms with Crippen LogP contribution in [0.4, 0.5) is 0 Å². The molecule has 0 aliphatic rings. The van der Waals surface area contributed by atoms with Crippen molar-refractivity contribution in [2.45, 2.75) is 9.79 Å². The molecule has 76 valence electrons. The number of pyridine rings is 2. The van der Waals surface area contributed by atoms with Crippen molar-refractivity contribution >= 4 is 11.8 Å². The van der Waals surface area contributed by atoms with Crippen molar-refractivity contribution in [1.82, 2.24) is 0 Å². The van der Waals surface area contributed by atoms with Gasteiger partial charge in [0.15, 0.2) is 24.8 Å². The number of hydrogen-bond donors (Lipinski definition) is 0. The Morgan fingerprint density at radius 1 is 0.867 bits per heavy atom. The van der Waals surface area contributed by atoms with Gasteiger partial charge in [-0.1, -0.05) is 11.8 Å². The molecule has 15 heavy (non-hydrogen) atoms. The molecule has 2 nitrogen and oxygen atoms in total. The fourth-order valence-electron chi connectivity index (χ4n) is 1.38. The standard InChI is InChI=1S/C12H14N2S/c1-13-7-3-5-11(9-13)15-12-6-4-8-14(2)10-12/h3-10H,1-2H3/q+2. The molecule has 0 unspecified atom stereocenters. The summed E-state index contributed by atoms with van der Waals surface area (Å²) in [5, 5.41) is 0. The normalized spacial score (nSPS) is 10.3. The Hall–Kier alpha value is -1.35. The molecule has 0 amide bonds. The van der Waals surface area contributed by atoms with Gasteiger partial charge in [-0.25, -0.2) is 9.13 Å². The molecule has 2 aromatic heterocycles. The largest absolute Gasteiger partial charge is 0.207 e. The highest BCUT2D eigenvalue weighted by atomic mass is 32.2. The van der Waals surface area contributed by atoms with Crippen LogP contribution >= 0.6 is 11.8 Å². The monoisotopic (exact) mass is 218 g/mol. The summed E-state index contributed by atoms with van der Waals surface area (Å²) in [5.74, 6) is 0. The van der Waals surface area contributed by atoms with E-state index < -0.39 is 0 Å². The lowest BCUT2D eigenvalue weighted by molar-refractivity contribution is -0.673. The van der Waals surface area contributed by atoms with Crippen molar-refractivity contribution in [3.63, 3.8) is 0 Å². The molecule has 2 aromatic rings. The van der Waals surface area contributed by atoms with Crippen molar-refractivity contribution in [2.24, 2.45) is 14.1 Å². The van der Waals surface area contributed by atoms with Crippen molar-refractivity contribution in [2.75, 3.05) is 0 Å². The van der Waals surface area contributed by atoms with Crippen molar-refractivity contribution in [1.29, 1.82) is 0 Å². The fourth-order valence-corrected chi connectivity index (χ4v) is 2.38. The van der Waals surface area contributed by atoms with Crippen LogP contribution in [0, 0.1) is 0 Å². The summed E-state index contributed by atoms with van der Waals surface area (Å²) < 4.78 is 4.12. The Morgan fingerprint density at radius 3 is 1.73 bits per heavy atom. The van der Waals surface area contributed by atoms with Crippen LogP contribution in [0.1, 0.15) is 0 Å². The molecule has 0 bridgehead atoms. The zero-order valence-electron chi connectivity index (χ0n) is 8.92. The van der Waals surface area contributed by atoms with E-state index in [0.29, 0.717) is 0 Å². The first-order valence-electron chi connectivity index (χ1n) is 4.82. The second-order valence-corrected chi connectivity index (χ2v) is 4.66. The second-order valence-electron chi connectivity index (χ2n) is 3.51. The predicted molar refractivity (Wildman–Crippen MR) is 59.4 cm³/mol. The third-order valence-electron chi connectivity index (χ3n) is 2.06. The first-order valence-corrected chi connectivity index (χ1v) is 5.64. The number of nitrogens with zero attached hydrogens (tertiary/aromatic N) is 2. The summed E-state index contributed by atoms with van der Waals surface area (Å²) in [4.78, 5) is 2.51. The molecule has 3 heteroatoms. The lowest BCUT2D eigenvalue weighted by Gasteiger charge is -1.97. The lowest BCUT2D eigenvalue weighted by atomic mass is 10.5. The molecule has 0 aliphatic heterocycles. The summed E-state index contributed by atoms with van der Waals surface area (Å²) in [6.45, 7) is 0. The molecule has 0 radical (unpaired) electrons. The van der Waals surface area contributed by atoms with Gasteiger partial charge < -0.3 is 0 Å². The second kappa shape index (κ2) is 4.45. The maximum Gasteiger partial charge on any atom is 0.182 e. The van der Waals surface area contributed by atoms with E-state index in [1.807, 2.05) is 26.5 Å². The predicted octanol–water partition coefficient (Wildman–Crippen LogP) is 1.49. The van der Waals surface area contributed by atoms with E-state index in [1.165, 1.54) is 9.79 Å². The van der Waals surface area contributed by atoms with Crippen molar-refractivity contribution < 1.29 is 9.13 Å². The van der Waals surface area contributed by atoms with E-state index in [2.05, 4.69) is 45.8 Å². The average molecular weight is 218 g/mol. The quantitative estimate of drug-likeness (QED) is 0.693. The molecule has 0 aromatic carbocycles. The topological polar surface area (TPSA) is 7.76 Å². The minimum atomic E-state index is 1.26. The molecule has 0 aliphatic carbocycles. The highest BCUT2D eigenvalue weighted by Crippen LogP contribution is 2.24. The molecule has 0 fully saturated rings. The summed E-state index contributed by atoms with van der Waals surface area (Å²) in [7, 11) is 4.07. The zero-order chi connectivity index (χ0) is 10.7. The average Bonchev–Trinajstić information content (AvgIpc) is 2.17. The van der Waals surface area contributed by atoms with E-state index in [-0.39, 0.29) is 0 Å². The van der Waals surface area contributed by atoms with Crippen LogP contribution in [0.25, 0.3) is 0 Å². The Morgan fingerprint density at radius 2 is 1.33 bits per heavy atom. The molecule has 0 saturated carbocycles. The lowest BCUT2D eigenvalue weighted by Crippen LogP contribution is -2.26. The van der Waals surface area contributed by atoms with Gasteiger partial charge in [-0.15, -0.1) is 0 Å². The number of aryl methyl sites for hydroxylation is 2. The zero-order valence-corrected chi connectivity index (χ0v) is 9.74. The Labute approximate surface area is 94.2 Å². The number of hydrogen-bond acceptors (Lipinski definition) is 1. The Bertz CT molecular complexity index is 425. The summed E-state index contributed by atoms with van der Waals surface area (Å²) in [6, 6.07) is 8.37. The van der Waals surface area contributed by atoms with E-state index in [4.69, 9.17) is 0 Å². The van der Waals surface area contributed by atoms with Gasteiger partial charge in [0.05, 0.1) is 9.79 Å². The van der Waals surface area contributed by atoms with Crippen molar-refractivity contribution in [3.8, 4) is 0 Å². The van der Waals surface area contributed by atoms with Gasteiger partial charge in [0.1, 0.15) is 14.1 Å². The first kappa shape index (κ1) is 10.2. The molecule has 2 rings (SSSR count).